The molecule has 24 heavy (non-hydrogen) atoms. The summed E-state index contributed by atoms with van der Waals surface area (Å²) in [7, 11) is -3.65. The molecular formula is C14H21N3O5S2. The van der Waals surface area contributed by atoms with E-state index in [1.165, 1.54) is 0 Å². The van der Waals surface area contributed by atoms with Crippen molar-refractivity contribution in [3.8, 4) is 0 Å². The van der Waals surface area contributed by atoms with Gasteiger partial charge in [-0.15, -0.1) is 0 Å². The summed E-state index contributed by atoms with van der Waals surface area (Å²) in [4.78, 5) is 24.9. The number of hydrogen-bond donors (Lipinski definition) is 2. The van der Waals surface area contributed by atoms with Gasteiger partial charge in [0.1, 0.15) is 0 Å². The molecule has 0 unspecified atom stereocenters. The molecule has 0 bridgehead atoms. The monoisotopic (exact) mass is 375 g/mol. The quantitative estimate of drug-likeness (QED) is 0.740. The highest BCUT2D eigenvalue weighted by Gasteiger charge is 2.37. The second-order valence-corrected chi connectivity index (χ2v) is 8.24. The van der Waals surface area contributed by atoms with E-state index in [1.807, 2.05) is 16.8 Å². The highest BCUT2D eigenvalue weighted by Crippen LogP contribution is 2.24. The zero-order chi connectivity index (χ0) is 17.7. The van der Waals surface area contributed by atoms with Gasteiger partial charge in [0.2, 0.25) is 10.0 Å². The summed E-state index contributed by atoms with van der Waals surface area (Å²) in [5, 5.41) is 15.8. The average molecular weight is 375 g/mol. The Morgan fingerprint density at radius 1 is 1.42 bits per heavy atom. The molecule has 1 aliphatic rings. The van der Waals surface area contributed by atoms with E-state index < -0.39 is 22.1 Å². The minimum absolute atomic E-state index is 0.0207. The molecule has 1 aromatic rings. The van der Waals surface area contributed by atoms with Crippen LogP contribution >= 0.6 is 11.3 Å². The van der Waals surface area contributed by atoms with Gasteiger partial charge in [0.25, 0.3) is 0 Å². The Bertz CT molecular complexity index is 675. The minimum Gasteiger partial charge on any atom is -0.396 e. The van der Waals surface area contributed by atoms with E-state index in [4.69, 9.17) is 5.11 Å². The molecule has 0 spiro atoms. The van der Waals surface area contributed by atoms with Crippen LogP contribution in [0.4, 0.5) is 9.59 Å². The lowest BCUT2D eigenvalue weighted by molar-refractivity contribution is 0.193. The van der Waals surface area contributed by atoms with Crippen LogP contribution in [-0.4, -0.2) is 67.3 Å². The predicted molar refractivity (Wildman–Crippen MR) is 90.4 cm³/mol. The van der Waals surface area contributed by atoms with Crippen molar-refractivity contribution in [3.63, 3.8) is 0 Å². The number of rotatable bonds is 7. The van der Waals surface area contributed by atoms with Crippen LogP contribution in [0.25, 0.3) is 0 Å². The van der Waals surface area contributed by atoms with Crippen LogP contribution < -0.4 is 5.32 Å². The molecule has 1 atom stereocenters. The number of carbonyl (C=O) groups excluding carboxylic acids is 2. The third-order valence-electron chi connectivity index (χ3n) is 3.88. The largest absolute Gasteiger partial charge is 0.396 e. The van der Waals surface area contributed by atoms with Gasteiger partial charge < -0.3 is 10.4 Å². The van der Waals surface area contributed by atoms with Crippen LogP contribution in [0.5, 0.6) is 0 Å². The molecule has 0 aromatic carbocycles. The smallest absolute Gasteiger partial charge is 0.341 e. The van der Waals surface area contributed by atoms with Gasteiger partial charge in [-0.2, -0.15) is 11.3 Å². The topological polar surface area (TPSA) is 107 Å². The number of aliphatic hydroxyl groups excluding tert-OH is 1. The number of sulfonamides is 1. The lowest BCUT2D eigenvalue weighted by atomic mass is 9.95. The molecule has 2 rings (SSSR count). The second-order valence-electron chi connectivity index (χ2n) is 5.56. The zero-order valence-corrected chi connectivity index (χ0v) is 15.0. The summed E-state index contributed by atoms with van der Waals surface area (Å²) in [6.07, 6.45) is 2.16. The molecule has 1 fully saturated rings. The van der Waals surface area contributed by atoms with E-state index in [9.17, 15) is 18.0 Å². The average Bonchev–Trinajstić information content (AvgIpc) is 3.14. The van der Waals surface area contributed by atoms with Gasteiger partial charge in [0.05, 0.1) is 19.3 Å². The van der Waals surface area contributed by atoms with Crippen molar-refractivity contribution in [1.82, 2.24) is 14.5 Å². The van der Waals surface area contributed by atoms with Crippen molar-refractivity contribution >= 4 is 33.4 Å². The molecule has 1 saturated heterocycles. The highest BCUT2D eigenvalue weighted by atomic mass is 32.2. The Morgan fingerprint density at radius 2 is 2.17 bits per heavy atom. The number of aliphatic hydroxyl groups is 1. The summed E-state index contributed by atoms with van der Waals surface area (Å²) in [6.45, 7) is 0.417. The van der Waals surface area contributed by atoms with E-state index in [2.05, 4.69) is 5.32 Å². The van der Waals surface area contributed by atoms with Crippen LogP contribution in [0.2, 0.25) is 0 Å². The predicted octanol–water partition coefficient (Wildman–Crippen LogP) is 1.01. The molecule has 4 amide bonds. The Balaban J connectivity index is 1.86. The summed E-state index contributed by atoms with van der Waals surface area (Å²) in [6, 6.07) is 0.569. The number of urea groups is 2. The maximum absolute atomic E-state index is 12.1. The van der Waals surface area contributed by atoms with E-state index in [1.54, 1.807) is 11.3 Å². The molecular weight excluding hydrogens is 354 g/mol. The van der Waals surface area contributed by atoms with E-state index in [0.717, 1.165) is 16.7 Å². The molecule has 10 heteroatoms. The Hall–Kier alpha value is -1.65. The van der Waals surface area contributed by atoms with Crippen LogP contribution in [0, 0.1) is 0 Å². The van der Waals surface area contributed by atoms with Crippen LogP contribution in [-0.2, 0) is 10.0 Å². The van der Waals surface area contributed by atoms with Crippen molar-refractivity contribution in [3.05, 3.63) is 22.4 Å². The van der Waals surface area contributed by atoms with Crippen LogP contribution in [0.3, 0.4) is 0 Å². The standard InChI is InChI=1S/C14H21N3O5S2/c1-24(21,22)17-7-6-16(14(17)20)13(19)15-5-2-11(3-8-18)12-4-9-23-10-12/h4,9-11,18H,2-3,5-8H2,1H3,(H,15,19)/t11-/m1/s1. The van der Waals surface area contributed by atoms with E-state index >= 15 is 0 Å². The fraction of sp³-hybridized carbons (Fsp3) is 0.571. The zero-order valence-electron chi connectivity index (χ0n) is 13.3. The SMILES string of the molecule is CS(=O)(=O)N1CCN(C(=O)NCC[C@H](CCO)c2ccsc2)C1=O. The van der Waals surface area contributed by atoms with Gasteiger partial charge in [-0.3, -0.25) is 0 Å². The summed E-state index contributed by atoms with van der Waals surface area (Å²) >= 11 is 1.57. The minimum atomic E-state index is -3.65. The molecule has 2 N–H and O–H groups in total. The first-order chi connectivity index (χ1) is 11.3. The number of imide groups is 1. The highest BCUT2D eigenvalue weighted by molar-refractivity contribution is 7.88. The third-order valence-corrected chi connectivity index (χ3v) is 5.72. The number of amides is 4. The maximum Gasteiger partial charge on any atom is 0.341 e. The van der Waals surface area contributed by atoms with Gasteiger partial charge in [-0.1, -0.05) is 0 Å². The van der Waals surface area contributed by atoms with Gasteiger partial charge in [-0.25, -0.2) is 27.2 Å². The fourth-order valence-corrected chi connectivity index (χ4v) is 4.14. The lowest BCUT2D eigenvalue weighted by Gasteiger charge is -2.18. The number of carbonyl (C=O) groups is 2. The van der Waals surface area contributed by atoms with Gasteiger partial charge in [-0.05, 0) is 41.1 Å². The molecule has 0 saturated carbocycles. The Labute approximate surface area is 145 Å². The number of nitrogens with zero attached hydrogens (tertiary/aromatic N) is 2. The summed E-state index contributed by atoms with van der Waals surface area (Å²) in [5.41, 5.74) is 1.11. The Morgan fingerprint density at radius 3 is 2.71 bits per heavy atom. The molecule has 8 nitrogen and oxygen atoms in total. The molecule has 2 heterocycles. The van der Waals surface area contributed by atoms with Gasteiger partial charge in [0, 0.05) is 13.2 Å². The van der Waals surface area contributed by atoms with Gasteiger partial charge >= 0.3 is 12.1 Å². The maximum atomic E-state index is 12.1. The second kappa shape index (κ2) is 7.95. The van der Waals surface area contributed by atoms with Crippen LogP contribution in [0.15, 0.2) is 16.8 Å². The van der Waals surface area contributed by atoms with Crippen molar-refractivity contribution in [2.75, 3.05) is 32.5 Å². The lowest BCUT2D eigenvalue weighted by Crippen LogP contribution is -2.44. The normalized spacial score (nSPS) is 16.5. The summed E-state index contributed by atoms with van der Waals surface area (Å²) in [5.74, 6) is 0.128. The Kier molecular flexibility index (Phi) is 6.19. The van der Waals surface area contributed by atoms with Crippen molar-refractivity contribution < 1.29 is 23.1 Å². The molecule has 0 aliphatic carbocycles. The molecule has 1 aromatic heterocycles. The fourth-order valence-electron chi connectivity index (χ4n) is 2.60. The van der Waals surface area contributed by atoms with E-state index in [-0.39, 0.29) is 25.6 Å². The number of hydrogen-bond acceptors (Lipinski definition) is 6. The first-order valence-electron chi connectivity index (χ1n) is 7.54. The van der Waals surface area contributed by atoms with Crippen LogP contribution in [0.1, 0.15) is 24.3 Å². The molecule has 134 valence electrons. The van der Waals surface area contributed by atoms with Gasteiger partial charge in [0.15, 0.2) is 0 Å². The molecule has 1 aliphatic heterocycles. The van der Waals surface area contributed by atoms with E-state index in [0.29, 0.717) is 23.7 Å². The van der Waals surface area contributed by atoms with Crippen molar-refractivity contribution in [1.29, 1.82) is 0 Å². The summed E-state index contributed by atoms with van der Waals surface area (Å²) < 4.78 is 23.6. The number of nitrogens with one attached hydrogen (secondary N) is 1. The number of thiophene rings is 1. The van der Waals surface area contributed by atoms with Crippen molar-refractivity contribution in [2.24, 2.45) is 0 Å². The first kappa shape index (κ1) is 18.7. The first-order valence-corrected chi connectivity index (χ1v) is 10.3. The third kappa shape index (κ3) is 4.46. The molecule has 0 radical (unpaired) electrons. The van der Waals surface area contributed by atoms with Crippen molar-refractivity contribution in [2.45, 2.75) is 18.8 Å².